The first-order chi connectivity index (χ1) is 29.4. The molecule has 5 heterocycles. The van der Waals surface area contributed by atoms with Crippen LogP contribution in [0.3, 0.4) is 0 Å². The molecule has 1 spiro atoms. The van der Waals surface area contributed by atoms with Crippen molar-refractivity contribution in [1.82, 2.24) is 0 Å². The molecule has 10 N–H and O–H groups in total. The number of aliphatic hydroxyl groups is 10. The minimum Gasteiger partial charge on any atom is -0.394 e. The summed E-state index contributed by atoms with van der Waals surface area (Å²) < 4.78 is 49.1. The first kappa shape index (κ1) is 46.1. The average molecular weight is 887 g/mol. The van der Waals surface area contributed by atoms with Crippen LogP contribution in [0.1, 0.15) is 85.5 Å². The lowest BCUT2D eigenvalue weighted by Gasteiger charge is -2.58. The predicted molar refractivity (Wildman–Crippen MR) is 211 cm³/mol. The Morgan fingerprint density at radius 2 is 1.35 bits per heavy atom. The van der Waals surface area contributed by atoms with Crippen LogP contribution in [-0.2, 0) is 37.9 Å². The zero-order valence-electron chi connectivity index (χ0n) is 36.1. The van der Waals surface area contributed by atoms with Gasteiger partial charge in [0, 0.05) is 12.3 Å². The van der Waals surface area contributed by atoms with Crippen molar-refractivity contribution in [3.8, 4) is 0 Å². The number of hydrogen-bond donors (Lipinski definition) is 10. The van der Waals surface area contributed by atoms with E-state index in [9.17, 15) is 51.1 Å². The largest absolute Gasteiger partial charge is 0.394 e. The number of hydrogen-bond acceptors (Lipinski definition) is 18. The summed E-state index contributed by atoms with van der Waals surface area (Å²) in [5, 5.41) is 105. The second kappa shape index (κ2) is 17.3. The van der Waals surface area contributed by atoms with Crippen LogP contribution in [0.2, 0.25) is 0 Å². The topological polar surface area (TPSA) is 276 Å². The van der Waals surface area contributed by atoms with Crippen molar-refractivity contribution in [1.29, 1.82) is 0 Å². The lowest BCUT2D eigenvalue weighted by atomic mass is 9.47. The lowest BCUT2D eigenvalue weighted by molar-refractivity contribution is -0.400. The van der Waals surface area contributed by atoms with Crippen LogP contribution >= 0.6 is 0 Å². The molecule has 0 aromatic rings. The number of ether oxygens (including phenoxy) is 8. The monoisotopic (exact) mass is 886 g/mol. The minimum absolute atomic E-state index is 0.0634. The summed E-state index contributed by atoms with van der Waals surface area (Å²) >= 11 is 0. The summed E-state index contributed by atoms with van der Waals surface area (Å²) in [6.07, 6.45) is -15.0. The Labute approximate surface area is 362 Å². The Hall–Kier alpha value is -0.980. The fraction of sp³-hybridized carbons (Fsp3) is 0.955. The van der Waals surface area contributed by atoms with E-state index in [1.807, 2.05) is 0 Å². The number of allylic oxidation sites excluding steroid dienone is 1. The number of fused-ring (bicyclic) bond motifs is 7. The van der Waals surface area contributed by atoms with Gasteiger partial charge in [-0.05, 0) is 91.8 Å². The van der Waals surface area contributed by atoms with Gasteiger partial charge in [-0.15, -0.1) is 0 Å². The molecular weight excluding hydrogens is 816 g/mol. The van der Waals surface area contributed by atoms with Crippen LogP contribution < -0.4 is 0 Å². The van der Waals surface area contributed by atoms with Crippen molar-refractivity contribution in [2.75, 3.05) is 19.8 Å². The molecule has 0 aromatic carbocycles. The first-order valence-corrected chi connectivity index (χ1v) is 23.0. The highest BCUT2D eigenvalue weighted by Gasteiger charge is 2.69. The summed E-state index contributed by atoms with van der Waals surface area (Å²) in [5.74, 6) is 2.46. The molecule has 4 aliphatic carbocycles. The van der Waals surface area contributed by atoms with E-state index in [0.717, 1.165) is 51.6 Å². The Kier molecular flexibility index (Phi) is 12.9. The van der Waals surface area contributed by atoms with Gasteiger partial charge in [0.15, 0.2) is 30.9 Å². The van der Waals surface area contributed by atoms with Gasteiger partial charge >= 0.3 is 0 Å². The number of rotatable bonds is 8. The van der Waals surface area contributed by atoms with Crippen LogP contribution in [0.15, 0.2) is 11.6 Å². The van der Waals surface area contributed by atoms with Crippen LogP contribution in [0.5, 0.6) is 0 Å². The fourth-order valence-electron chi connectivity index (χ4n) is 13.8. The molecule has 18 nitrogen and oxygen atoms in total. The van der Waals surface area contributed by atoms with E-state index in [4.69, 9.17) is 37.9 Å². The molecule has 8 fully saturated rings. The highest BCUT2D eigenvalue weighted by atomic mass is 16.8. The maximum absolute atomic E-state index is 11.9. The maximum atomic E-state index is 11.9. The predicted octanol–water partition coefficient (Wildman–Crippen LogP) is -0.856. The van der Waals surface area contributed by atoms with Gasteiger partial charge < -0.3 is 89.0 Å². The molecular formula is C44H70O18. The highest BCUT2D eigenvalue weighted by Crippen LogP contribution is 2.70. The normalized spacial score (nSPS) is 57.6. The van der Waals surface area contributed by atoms with Gasteiger partial charge in [-0.3, -0.25) is 0 Å². The Morgan fingerprint density at radius 1 is 0.677 bits per heavy atom. The minimum atomic E-state index is -1.97. The first-order valence-electron chi connectivity index (χ1n) is 23.0. The van der Waals surface area contributed by atoms with Gasteiger partial charge in [-0.25, -0.2) is 0 Å². The number of aliphatic hydroxyl groups excluding tert-OH is 10. The molecule has 9 aliphatic rings. The van der Waals surface area contributed by atoms with E-state index in [2.05, 4.69) is 33.8 Å². The molecule has 5 aliphatic heterocycles. The fourth-order valence-corrected chi connectivity index (χ4v) is 13.8. The van der Waals surface area contributed by atoms with Crippen LogP contribution in [-0.4, -0.2) is 181 Å². The highest BCUT2D eigenvalue weighted by molar-refractivity contribution is 5.26. The molecule has 3 saturated carbocycles. The van der Waals surface area contributed by atoms with E-state index in [-0.39, 0.29) is 16.9 Å². The van der Waals surface area contributed by atoms with Crippen molar-refractivity contribution in [3.05, 3.63) is 11.6 Å². The van der Waals surface area contributed by atoms with Gasteiger partial charge in [-0.1, -0.05) is 39.3 Å². The summed E-state index contributed by atoms with van der Waals surface area (Å²) in [4.78, 5) is 0. The van der Waals surface area contributed by atoms with E-state index in [1.54, 1.807) is 0 Å². The third-order valence-corrected chi connectivity index (χ3v) is 17.4. The second-order valence-electron chi connectivity index (χ2n) is 20.8. The van der Waals surface area contributed by atoms with Gasteiger partial charge in [0.2, 0.25) is 0 Å². The quantitative estimate of drug-likeness (QED) is 0.133. The summed E-state index contributed by atoms with van der Waals surface area (Å²) in [7, 11) is 0. The zero-order chi connectivity index (χ0) is 44.2. The molecule has 62 heavy (non-hydrogen) atoms. The molecule has 5 saturated heterocycles. The van der Waals surface area contributed by atoms with Crippen molar-refractivity contribution < 1.29 is 89.0 Å². The van der Waals surface area contributed by atoms with E-state index in [1.165, 1.54) is 5.57 Å². The van der Waals surface area contributed by atoms with Crippen LogP contribution in [0.4, 0.5) is 0 Å². The van der Waals surface area contributed by atoms with Crippen molar-refractivity contribution in [2.24, 2.45) is 46.3 Å². The van der Waals surface area contributed by atoms with Gasteiger partial charge in [0.1, 0.15) is 67.1 Å². The lowest BCUT2D eigenvalue weighted by Crippen LogP contribution is -2.67. The molecule has 0 radical (unpaired) electrons. The summed E-state index contributed by atoms with van der Waals surface area (Å²) in [6.45, 7) is 8.81. The molecule has 26 atom stereocenters. The van der Waals surface area contributed by atoms with Gasteiger partial charge in [0.05, 0.1) is 32.0 Å². The maximum Gasteiger partial charge on any atom is 0.189 e. The van der Waals surface area contributed by atoms with E-state index >= 15 is 0 Å². The Morgan fingerprint density at radius 3 is 2.05 bits per heavy atom. The second-order valence-corrected chi connectivity index (χ2v) is 20.8. The van der Waals surface area contributed by atoms with Gasteiger partial charge in [-0.2, -0.15) is 0 Å². The zero-order valence-corrected chi connectivity index (χ0v) is 36.1. The van der Waals surface area contributed by atoms with Crippen LogP contribution in [0.25, 0.3) is 0 Å². The Bertz CT molecular complexity index is 1610. The van der Waals surface area contributed by atoms with Crippen molar-refractivity contribution in [3.63, 3.8) is 0 Å². The van der Waals surface area contributed by atoms with E-state index in [0.29, 0.717) is 48.3 Å². The van der Waals surface area contributed by atoms with E-state index < -0.39 is 117 Å². The molecule has 18 heteroatoms. The van der Waals surface area contributed by atoms with Gasteiger partial charge in [0.25, 0.3) is 0 Å². The average Bonchev–Trinajstić information content (AvgIpc) is 3.70. The van der Waals surface area contributed by atoms with Crippen molar-refractivity contribution in [2.45, 2.75) is 196 Å². The Balaban J connectivity index is 0.917. The third kappa shape index (κ3) is 7.48. The summed E-state index contributed by atoms with van der Waals surface area (Å²) in [6, 6.07) is 0. The smallest absolute Gasteiger partial charge is 0.189 e. The molecule has 9 rings (SSSR count). The molecule has 8 unspecified atom stereocenters. The molecule has 354 valence electrons. The standard InChI is InChI=1S/C44H70O18/c1-18-7-12-44(55-17-18)19(2)28-25(62-44)14-24-22-6-5-20-13-21(8-10-42(20,3)23(22)9-11-43(24,28)4)56-41-37(60-40-34(52)31(49)32(50)38(54)61-40)35(53)36(27(16-46)58-41)59-39-33(51)30(48)29(47)26(15-45)57-39/h5,18-19,21-41,45-54H,6-17H2,1-4H3/t18?,19-,21?,22+,23-,24-,25-,26?,27?,28-,29+,30?,31?,32+,33-,34-,35?,36+,37-,38?,39-,40+,41+,42-,43-,44+/m0/s1. The molecule has 0 amide bonds. The molecule has 0 bridgehead atoms. The SMILES string of the molecule is CC1CC[C@@]2(OC1)O[C@H]1C[C@H]3[C@@H]4CC=C5CC(O[C@@H]6OC(CO)[C@@H](O[C@@H]7OC(CO)[C@@H](O)C(O)[C@@H]7O)C(O)[C@@H]6O[C@@H]6OC(O)[C@H](O)C(O)[C@@H]6O)CC[C@]5(C)[C@H]4CC[C@]3(C)[C@H]1[C@@H]2C. The molecule has 0 aromatic heterocycles. The van der Waals surface area contributed by atoms with Crippen LogP contribution in [0, 0.1) is 46.3 Å². The third-order valence-electron chi connectivity index (χ3n) is 17.4. The van der Waals surface area contributed by atoms with Crippen molar-refractivity contribution >= 4 is 0 Å². The summed E-state index contributed by atoms with van der Waals surface area (Å²) in [5.41, 5.74) is 1.41.